The average molecular weight is 269 g/mol. The number of nitrogens with one attached hydrogen (secondary N) is 1. The number of aromatic nitrogens is 1. The standard InChI is InChI=1S/C16H19N3O/c1-11-9-14(16(17)19-10-11)15(20)13-6-4-3-5-12(13)7-8-18-2/h3-6,9-10,18H,7-8H2,1-2H3,(H2,17,19). The van der Waals surface area contributed by atoms with Crippen molar-refractivity contribution in [3.8, 4) is 0 Å². The number of carbonyl (C=O) groups is 1. The summed E-state index contributed by atoms with van der Waals surface area (Å²) in [7, 11) is 1.90. The molecule has 0 bridgehead atoms. The summed E-state index contributed by atoms with van der Waals surface area (Å²) in [6.07, 6.45) is 2.47. The van der Waals surface area contributed by atoms with Crippen LogP contribution in [0, 0.1) is 6.92 Å². The van der Waals surface area contributed by atoms with E-state index in [-0.39, 0.29) is 11.6 Å². The van der Waals surface area contributed by atoms with Crippen molar-refractivity contribution in [2.75, 3.05) is 19.3 Å². The molecule has 0 aliphatic heterocycles. The van der Waals surface area contributed by atoms with Crippen LogP contribution >= 0.6 is 0 Å². The van der Waals surface area contributed by atoms with Gasteiger partial charge >= 0.3 is 0 Å². The van der Waals surface area contributed by atoms with E-state index < -0.39 is 0 Å². The molecule has 0 saturated heterocycles. The number of aryl methyl sites for hydroxylation is 1. The quantitative estimate of drug-likeness (QED) is 0.814. The Morgan fingerprint density at radius 2 is 2.05 bits per heavy atom. The summed E-state index contributed by atoms with van der Waals surface area (Å²) in [4.78, 5) is 16.7. The molecule has 0 unspecified atom stereocenters. The van der Waals surface area contributed by atoms with Crippen LogP contribution in [0.4, 0.5) is 5.82 Å². The molecule has 0 aliphatic carbocycles. The van der Waals surface area contributed by atoms with Crippen molar-refractivity contribution in [2.24, 2.45) is 0 Å². The van der Waals surface area contributed by atoms with Gasteiger partial charge in [0.25, 0.3) is 0 Å². The molecular weight excluding hydrogens is 250 g/mol. The zero-order valence-electron chi connectivity index (χ0n) is 11.8. The second-order valence-electron chi connectivity index (χ2n) is 4.79. The van der Waals surface area contributed by atoms with Crippen LogP contribution in [0.25, 0.3) is 0 Å². The highest BCUT2D eigenvalue weighted by Crippen LogP contribution is 2.19. The van der Waals surface area contributed by atoms with Crippen molar-refractivity contribution < 1.29 is 4.79 Å². The van der Waals surface area contributed by atoms with Gasteiger partial charge in [-0.3, -0.25) is 4.79 Å². The van der Waals surface area contributed by atoms with E-state index in [4.69, 9.17) is 5.73 Å². The number of nitrogen functional groups attached to an aromatic ring is 1. The summed E-state index contributed by atoms with van der Waals surface area (Å²) in [6, 6.07) is 9.42. The van der Waals surface area contributed by atoms with Crippen LogP contribution in [0.1, 0.15) is 27.0 Å². The van der Waals surface area contributed by atoms with Crippen LogP contribution in [0.15, 0.2) is 36.5 Å². The molecule has 3 N–H and O–H groups in total. The molecule has 0 saturated carbocycles. The van der Waals surface area contributed by atoms with Crippen molar-refractivity contribution in [3.05, 3.63) is 58.8 Å². The molecule has 4 nitrogen and oxygen atoms in total. The van der Waals surface area contributed by atoms with Gasteiger partial charge in [-0.05, 0) is 44.1 Å². The number of benzene rings is 1. The first kappa shape index (κ1) is 14.2. The highest BCUT2D eigenvalue weighted by atomic mass is 16.1. The molecule has 1 aromatic carbocycles. The van der Waals surface area contributed by atoms with Crippen molar-refractivity contribution in [2.45, 2.75) is 13.3 Å². The van der Waals surface area contributed by atoms with Crippen LogP contribution < -0.4 is 11.1 Å². The molecule has 0 atom stereocenters. The normalized spacial score (nSPS) is 10.5. The van der Waals surface area contributed by atoms with Gasteiger partial charge in [0.2, 0.25) is 0 Å². The molecular formula is C16H19N3O. The number of hydrogen-bond donors (Lipinski definition) is 2. The Balaban J connectivity index is 2.40. The number of hydrogen-bond acceptors (Lipinski definition) is 4. The number of ketones is 1. The van der Waals surface area contributed by atoms with E-state index in [1.54, 1.807) is 12.3 Å². The fourth-order valence-corrected chi connectivity index (χ4v) is 2.13. The van der Waals surface area contributed by atoms with Gasteiger partial charge < -0.3 is 11.1 Å². The minimum absolute atomic E-state index is 0.0644. The van der Waals surface area contributed by atoms with Gasteiger partial charge in [-0.25, -0.2) is 4.98 Å². The maximum Gasteiger partial charge on any atom is 0.197 e. The molecule has 20 heavy (non-hydrogen) atoms. The van der Waals surface area contributed by atoms with Crippen molar-refractivity contribution >= 4 is 11.6 Å². The van der Waals surface area contributed by atoms with E-state index in [1.807, 2.05) is 38.2 Å². The Bertz CT molecular complexity index is 623. The first-order valence-electron chi connectivity index (χ1n) is 6.63. The summed E-state index contributed by atoms with van der Waals surface area (Å²) in [5.74, 6) is 0.217. The Morgan fingerprint density at radius 3 is 2.80 bits per heavy atom. The molecule has 104 valence electrons. The highest BCUT2D eigenvalue weighted by molar-refractivity contribution is 6.12. The SMILES string of the molecule is CNCCc1ccccc1C(=O)c1cc(C)cnc1N. The molecule has 1 aromatic heterocycles. The molecule has 2 aromatic rings. The molecule has 4 heteroatoms. The fraction of sp³-hybridized carbons (Fsp3) is 0.250. The number of nitrogens with two attached hydrogens (primary N) is 1. The van der Waals surface area contributed by atoms with E-state index in [1.165, 1.54) is 0 Å². The number of pyridine rings is 1. The second kappa shape index (κ2) is 6.30. The predicted molar refractivity (Wildman–Crippen MR) is 80.9 cm³/mol. The van der Waals surface area contributed by atoms with Crippen molar-refractivity contribution in [1.82, 2.24) is 10.3 Å². The Kier molecular flexibility index (Phi) is 4.48. The Morgan fingerprint density at radius 1 is 1.30 bits per heavy atom. The second-order valence-corrected chi connectivity index (χ2v) is 4.79. The number of nitrogens with zero attached hydrogens (tertiary/aromatic N) is 1. The van der Waals surface area contributed by atoms with Gasteiger partial charge in [-0.2, -0.15) is 0 Å². The topological polar surface area (TPSA) is 68.0 Å². The number of anilines is 1. The number of rotatable bonds is 5. The minimum atomic E-state index is -0.0644. The first-order chi connectivity index (χ1) is 9.63. The van der Waals surface area contributed by atoms with Gasteiger partial charge in [-0.15, -0.1) is 0 Å². The third kappa shape index (κ3) is 3.03. The molecule has 0 amide bonds. The summed E-state index contributed by atoms with van der Waals surface area (Å²) < 4.78 is 0. The summed E-state index contributed by atoms with van der Waals surface area (Å²) in [5.41, 5.74) is 8.95. The van der Waals surface area contributed by atoms with Crippen LogP contribution in [0.5, 0.6) is 0 Å². The lowest BCUT2D eigenvalue weighted by Gasteiger charge is -2.10. The molecule has 0 fully saturated rings. The van der Waals surface area contributed by atoms with Gasteiger partial charge in [-0.1, -0.05) is 24.3 Å². The van der Waals surface area contributed by atoms with E-state index in [0.29, 0.717) is 11.1 Å². The number of likely N-dealkylation sites (N-methyl/N-ethyl adjacent to an activating group) is 1. The van der Waals surface area contributed by atoms with E-state index in [0.717, 1.165) is 24.1 Å². The van der Waals surface area contributed by atoms with E-state index in [2.05, 4.69) is 10.3 Å². The molecule has 0 spiro atoms. The van der Waals surface area contributed by atoms with Crippen LogP contribution in [-0.2, 0) is 6.42 Å². The number of carbonyl (C=O) groups excluding carboxylic acids is 1. The minimum Gasteiger partial charge on any atom is -0.383 e. The molecule has 0 aliphatic rings. The van der Waals surface area contributed by atoms with E-state index in [9.17, 15) is 4.79 Å². The first-order valence-corrected chi connectivity index (χ1v) is 6.63. The van der Waals surface area contributed by atoms with E-state index >= 15 is 0 Å². The smallest absolute Gasteiger partial charge is 0.197 e. The van der Waals surface area contributed by atoms with Crippen LogP contribution in [0.3, 0.4) is 0 Å². The monoisotopic (exact) mass is 269 g/mol. The molecule has 2 rings (SSSR count). The highest BCUT2D eigenvalue weighted by Gasteiger charge is 2.16. The predicted octanol–water partition coefficient (Wildman–Crippen LogP) is 1.97. The Labute approximate surface area is 119 Å². The van der Waals surface area contributed by atoms with Gasteiger partial charge in [0.05, 0.1) is 5.56 Å². The van der Waals surface area contributed by atoms with Crippen LogP contribution in [0.2, 0.25) is 0 Å². The molecule has 0 radical (unpaired) electrons. The van der Waals surface area contributed by atoms with Gasteiger partial charge in [0, 0.05) is 11.8 Å². The average Bonchev–Trinajstić information content (AvgIpc) is 2.47. The lowest BCUT2D eigenvalue weighted by Crippen LogP contribution is -2.14. The third-order valence-electron chi connectivity index (χ3n) is 3.21. The van der Waals surface area contributed by atoms with Crippen molar-refractivity contribution in [1.29, 1.82) is 0 Å². The zero-order chi connectivity index (χ0) is 14.5. The largest absolute Gasteiger partial charge is 0.383 e. The zero-order valence-corrected chi connectivity index (χ0v) is 11.8. The van der Waals surface area contributed by atoms with Gasteiger partial charge in [0.1, 0.15) is 5.82 Å². The fourth-order valence-electron chi connectivity index (χ4n) is 2.13. The summed E-state index contributed by atoms with van der Waals surface area (Å²) >= 11 is 0. The molecule has 1 heterocycles. The summed E-state index contributed by atoms with van der Waals surface area (Å²) in [6.45, 7) is 2.72. The maximum absolute atomic E-state index is 12.7. The third-order valence-corrected chi connectivity index (χ3v) is 3.21. The summed E-state index contributed by atoms with van der Waals surface area (Å²) in [5, 5.41) is 3.09. The maximum atomic E-state index is 12.7. The Hall–Kier alpha value is -2.20. The lowest BCUT2D eigenvalue weighted by molar-refractivity contribution is 0.103. The van der Waals surface area contributed by atoms with Gasteiger partial charge in [0.15, 0.2) is 5.78 Å². The lowest BCUT2D eigenvalue weighted by atomic mass is 9.96. The van der Waals surface area contributed by atoms with Crippen molar-refractivity contribution in [3.63, 3.8) is 0 Å². The van der Waals surface area contributed by atoms with Crippen LogP contribution in [-0.4, -0.2) is 24.4 Å².